The number of benzene rings is 2. The van der Waals surface area contributed by atoms with Crippen molar-refractivity contribution in [3.05, 3.63) is 77.2 Å². The second-order valence-corrected chi connectivity index (χ2v) is 8.65. The molecule has 2 aliphatic rings. The van der Waals surface area contributed by atoms with Gasteiger partial charge in [0.2, 0.25) is 0 Å². The number of hydrogen-bond acceptors (Lipinski definition) is 5. The number of hydrogen-bond donors (Lipinski definition) is 2. The molecule has 0 saturated carbocycles. The third kappa shape index (κ3) is 4.04. The number of aliphatic hydroxyl groups is 1. The summed E-state index contributed by atoms with van der Waals surface area (Å²) in [5.74, 6) is 1.57. The van der Waals surface area contributed by atoms with Gasteiger partial charge in [-0.1, -0.05) is 24.3 Å². The molecule has 5 rings (SSSR count). The maximum absolute atomic E-state index is 12.9. The average molecular weight is 434 g/mol. The molecule has 3 aromatic rings. The summed E-state index contributed by atoms with van der Waals surface area (Å²) < 4.78 is 17.6. The van der Waals surface area contributed by atoms with Gasteiger partial charge in [-0.2, -0.15) is 0 Å². The zero-order valence-electron chi connectivity index (χ0n) is 18.1. The first-order valence-corrected chi connectivity index (χ1v) is 11.0. The number of aliphatic hydroxyl groups excluding tert-OH is 1. The molecule has 1 spiro atoms. The van der Waals surface area contributed by atoms with Crippen LogP contribution in [-0.4, -0.2) is 29.8 Å². The van der Waals surface area contributed by atoms with E-state index in [1.54, 1.807) is 12.1 Å². The molecule has 1 amide bonds. The van der Waals surface area contributed by atoms with Crippen LogP contribution in [0.25, 0.3) is 11.1 Å². The maximum Gasteiger partial charge on any atom is 0.287 e. The Morgan fingerprint density at radius 2 is 1.91 bits per heavy atom. The van der Waals surface area contributed by atoms with Gasteiger partial charge in [-0.15, -0.1) is 0 Å². The molecule has 1 atom stereocenters. The summed E-state index contributed by atoms with van der Waals surface area (Å²) in [6, 6.07) is 17.2. The molecule has 3 heterocycles. The van der Waals surface area contributed by atoms with Crippen molar-refractivity contribution in [2.24, 2.45) is 0 Å². The number of rotatable bonds is 4. The molecule has 6 heteroatoms. The predicted molar refractivity (Wildman–Crippen MR) is 119 cm³/mol. The highest BCUT2D eigenvalue weighted by molar-refractivity contribution is 5.92. The molecule has 1 aromatic heterocycles. The minimum Gasteiger partial charge on any atom is -0.487 e. The molecular weight excluding hydrogens is 406 g/mol. The lowest BCUT2D eigenvalue weighted by molar-refractivity contribution is -0.0639. The Hall–Kier alpha value is -3.09. The first-order chi connectivity index (χ1) is 15.5. The first-order valence-electron chi connectivity index (χ1n) is 11.0. The second kappa shape index (κ2) is 8.45. The highest BCUT2D eigenvalue weighted by atomic mass is 16.5. The molecule has 1 unspecified atom stereocenters. The van der Waals surface area contributed by atoms with Crippen LogP contribution < -0.4 is 10.1 Å². The van der Waals surface area contributed by atoms with Gasteiger partial charge in [0.25, 0.3) is 5.91 Å². The third-order valence-corrected chi connectivity index (χ3v) is 6.40. The molecule has 1 fully saturated rings. The molecule has 166 valence electrons. The minimum atomic E-state index is -0.347. The maximum atomic E-state index is 12.9. The van der Waals surface area contributed by atoms with E-state index in [-0.39, 0.29) is 24.2 Å². The molecule has 2 N–H and O–H groups in total. The fraction of sp³-hybridized carbons (Fsp3) is 0.346. The van der Waals surface area contributed by atoms with Gasteiger partial charge in [0.1, 0.15) is 17.1 Å². The fourth-order valence-corrected chi connectivity index (χ4v) is 4.66. The second-order valence-electron chi connectivity index (χ2n) is 8.65. The van der Waals surface area contributed by atoms with Gasteiger partial charge in [0.15, 0.2) is 5.76 Å². The number of furan rings is 1. The number of carbonyl (C=O) groups is 1. The van der Waals surface area contributed by atoms with E-state index in [2.05, 4.69) is 11.4 Å². The summed E-state index contributed by atoms with van der Waals surface area (Å²) in [6.07, 6.45) is 2.26. The summed E-state index contributed by atoms with van der Waals surface area (Å²) >= 11 is 0. The van der Waals surface area contributed by atoms with Gasteiger partial charge in [0, 0.05) is 24.8 Å². The number of nitrogens with one attached hydrogen (secondary N) is 1. The van der Waals surface area contributed by atoms with E-state index in [0.29, 0.717) is 31.2 Å². The van der Waals surface area contributed by atoms with Gasteiger partial charge < -0.3 is 24.3 Å². The summed E-state index contributed by atoms with van der Waals surface area (Å²) in [6.45, 7) is 3.12. The summed E-state index contributed by atoms with van der Waals surface area (Å²) in [5, 5.41) is 12.7. The van der Waals surface area contributed by atoms with Crippen LogP contribution in [-0.2, 0) is 11.3 Å². The summed E-state index contributed by atoms with van der Waals surface area (Å²) in [5.41, 5.74) is 3.48. The van der Waals surface area contributed by atoms with Crippen molar-refractivity contribution in [3.63, 3.8) is 0 Å². The van der Waals surface area contributed by atoms with Crippen LogP contribution in [0.4, 0.5) is 0 Å². The number of aryl methyl sites for hydroxylation is 1. The van der Waals surface area contributed by atoms with Crippen LogP contribution in [0.15, 0.2) is 59.0 Å². The number of fused-ring (bicyclic) bond motifs is 1. The highest BCUT2D eigenvalue weighted by Crippen LogP contribution is 2.45. The van der Waals surface area contributed by atoms with Crippen molar-refractivity contribution in [1.82, 2.24) is 5.32 Å². The summed E-state index contributed by atoms with van der Waals surface area (Å²) in [4.78, 5) is 12.9. The van der Waals surface area contributed by atoms with E-state index < -0.39 is 0 Å². The Morgan fingerprint density at radius 3 is 2.66 bits per heavy atom. The van der Waals surface area contributed by atoms with Crippen LogP contribution >= 0.6 is 0 Å². The molecule has 2 aliphatic heterocycles. The average Bonchev–Trinajstić information content (AvgIpc) is 3.26. The lowest BCUT2D eigenvalue weighted by Gasteiger charge is -2.44. The van der Waals surface area contributed by atoms with Crippen LogP contribution in [0.5, 0.6) is 5.75 Å². The quantitative estimate of drug-likeness (QED) is 0.631. The molecule has 0 radical (unpaired) electrons. The molecule has 2 aromatic carbocycles. The monoisotopic (exact) mass is 433 g/mol. The number of amides is 1. The smallest absolute Gasteiger partial charge is 0.287 e. The topological polar surface area (TPSA) is 80.9 Å². The first kappa shape index (κ1) is 20.8. The fourth-order valence-electron chi connectivity index (χ4n) is 4.66. The Morgan fingerprint density at radius 1 is 1.09 bits per heavy atom. The Kier molecular flexibility index (Phi) is 5.49. The van der Waals surface area contributed by atoms with Crippen LogP contribution in [0, 0.1) is 6.92 Å². The lowest BCUT2D eigenvalue weighted by Crippen LogP contribution is -2.48. The standard InChI is InChI=1S/C26H27NO5/c1-17-5-7-24(31-17)25(29)27-22-15-26(9-11-30-12-10-26)32-23-8-6-20(14-21(22)23)19-4-2-3-18(13-19)16-28/h2-8,13-14,22,28H,9-12,15-16H2,1H3,(H,27,29). The van der Waals surface area contributed by atoms with E-state index >= 15 is 0 Å². The molecule has 6 nitrogen and oxygen atoms in total. The molecule has 32 heavy (non-hydrogen) atoms. The van der Waals surface area contributed by atoms with E-state index in [1.807, 2.05) is 43.3 Å². The van der Waals surface area contributed by atoms with Gasteiger partial charge in [-0.3, -0.25) is 4.79 Å². The summed E-state index contributed by atoms with van der Waals surface area (Å²) in [7, 11) is 0. The van der Waals surface area contributed by atoms with Crippen LogP contribution in [0.3, 0.4) is 0 Å². The molecule has 1 saturated heterocycles. The van der Waals surface area contributed by atoms with Crippen molar-refractivity contribution in [3.8, 4) is 16.9 Å². The molecule has 0 aliphatic carbocycles. The number of carbonyl (C=O) groups excluding carboxylic acids is 1. The Balaban J connectivity index is 1.51. The minimum absolute atomic E-state index is 0.00622. The normalized spacial score (nSPS) is 19.2. The SMILES string of the molecule is Cc1ccc(C(=O)NC2CC3(CCOCC3)Oc3ccc(-c4cccc(CO)c4)cc32)o1. The van der Waals surface area contributed by atoms with Crippen LogP contribution in [0.2, 0.25) is 0 Å². The van der Waals surface area contributed by atoms with E-state index in [0.717, 1.165) is 40.8 Å². The van der Waals surface area contributed by atoms with Gasteiger partial charge >= 0.3 is 0 Å². The number of ether oxygens (including phenoxy) is 2. The van der Waals surface area contributed by atoms with Crippen molar-refractivity contribution in [2.75, 3.05) is 13.2 Å². The molecular formula is C26H27NO5. The Bertz CT molecular complexity index is 1130. The highest BCUT2D eigenvalue weighted by Gasteiger charge is 2.43. The van der Waals surface area contributed by atoms with Crippen molar-refractivity contribution in [2.45, 2.75) is 44.4 Å². The van der Waals surface area contributed by atoms with Crippen LogP contribution in [0.1, 0.15) is 52.7 Å². The van der Waals surface area contributed by atoms with Gasteiger partial charge in [-0.25, -0.2) is 0 Å². The predicted octanol–water partition coefficient (Wildman–Crippen LogP) is 4.55. The zero-order valence-corrected chi connectivity index (χ0v) is 18.1. The lowest BCUT2D eigenvalue weighted by atomic mass is 9.81. The van der Waals surface area contributed by atoms with Gasteiger partial charge in [0.05, 0.1) is 25.9 Å². The van der Waals surface area contributed by atoms with E-state index in [4.69, 9.17) is 13.9 Å². The largest absolute Gasteiger partial charge is 0.487 e. The van der Waals surface area contributed by atoms with Crippen molar-refractivity contribution in [1.29, 1.82) is 0 Å². The molecule has 0 bridgehead atoms. The Labute approximate surface area is 187 Å². The third-order valence-electron chi connectivity index (χ3n) is 6.40. The van der Waals surface area contributed by atoms with E-state index in [9.17, 15) is 9.90 Å². The van der Waals surface area contributed by atoms with Crippen molar-refractivity contribution < 1.29 is 23.8 Å². The van der Waals surface area contributed by atoms with Gasteiger partial charge in [-0.05, 0) is 53.9 Å². The van der Waals surface area contributed by atoms with Crippen molar-refractivity contribution >= 4 is 5.91 Å². The zero-order chi connectivity index (χ0) is 22.1. The van der Waals surface area contributed by atoms with E-state index in [1.165, 1.54) is 0 Å².